The van der Waals surface area contributed by atoms with Gasteiger partial charge in [0.25, 0.3) is 0 Å². The van der Waals surface area contributed by atoms with Crippen LogP contribution in [0.25, 0.3) is 0 Å². The fourth-order valence-corrected chi connectivity index (χ4v) is 3.79. The Morgan fingerprint density at radius 1 is 1.06 bits per heavy atom. The number of carbonyl (C=O) groups is 1. The van der Waals surface area contributed by atoms with Crippen LogP contribution in [0.15, 0.2) is 54.6 Å². The topological polar surface area (TPSA) is 85.6 Å². The number of hydrogen-bond donors (Lipinski definition) is 2. The fraction of sp³-hybridized carbons (Fsp3) is 0.286. The van der Waals surface area contributed by atoms with Gasteiger partial charge in [-0.25, -0.2) is 4.79 Å². The molecule has 3 aromatic carbocycles. The number of phenolic OH excluding ortho intramolecular Hbond substituents is 1. The minimum absolute atomic E-state index is 0.167. The molecule has 0 aliphatic rings. The number of ether oxygens (including phenoxy) is 1. The van der Waals surface area contributed by atoms with Crippen molar-refractivity contribution in [1.29, 1.82) is 5.26 Å². The molecule has 0 aliphatic carbocycles. The number of nitrogens with one attached hydrogen (secondary N) is 1. The molecule has 0 aliphatic heterocycles. The van der Waals surface area contributed by atoms with Crippen LogP contribution in [0.1, 0.15) is 48.4 Å². The Bertz CT molecular complexity index is 1190. The summed E-state index contributed by atoms with van der Waals surface area (Å²) in [6.45, 7) is 10.2. The van der Waals surface area contributed by atoms with E-state index in [1.807, 2.05) is 77.1 Å². The van der Waals surface area contributed by atoms with Gasteiger partial charge in [-0.15, -0.1) is 0 Å². The second-order valence-electron chi connectivity index (χ2n) is 8.74. The molecule has 34 heavy (non-hydrogen) atoms. The van der Waals surface area contributed by atoms with Crippen LogP contribution in [0.3, 0.4) is 0 Å². The van der Waals surface area contributed by atoms with Gasteiger partial charge in [0.05, 0.1) is 12.5 Å². The van der Waals surface area contributed by atoms with Crippen molar-refractivity contribution in [3.05, 3.63) is 76.9 Å². The van der Waals surface area contributed by atoms with Crippen molar-refractivity contribution in [3.8, 4) is 23.3 Å². The molecule has 0 unspecified atom stereocenters. The standard InChI is InChI=1S/C28H31N3O3/c1-18(2)25-17-24(11-12-26(25)32)34-27-20(4)15-22(16-21(27)5)30-28(33)31(14-6-13-29)23-9-7-19(3)8-10-23/h7-12,15-18,32H,6,14H2,1-5H3,(H,30,33). The Labute approximate surface area is 201 Å². The van der Waals surface area contributed by atoms with Crippen molar-refractivity contribution >= 4 is 17.4 Å². The number of hydrogen-bond acceptors (Lipinski definition) is 4. The average molecular weight is 458 g/mol. The first-order valence-corrected chi connectivity index (χ1v) is 11.3. The number of amides is 2. The maximum atomic E-state index is 13.1. The summed E-state index contributed by atoms with van der Waals surface area (Å²) < 4.78 is 6.16. The maximum absolute atomic E-state index is 13.1. The molecule has 176 valence electrons. The predicted octanol–water partition coefficient (Wildman–Crippen LogP) is 7.19. The Kier molecular flexibility index (Phi) is 7.80. The highest BCUT2D eigenvalue weighted by Crippen LogP contribution is 2.35. The van der Waals surface area contributed by atoms with Crippen LogP contribution in [0, 0.1) is 32.1 Å². The number of nitrogens with zero attached hydrogens (tertiary/aromatic N) is 2. The van der Waals surface area contributed by atoms with Crippen molar-refractivity contribution in [2.75, 3.05) is 16.8 Å². The largest absolute Gasteiger partial charge is 0.508 e. The van der Waals surface area contributed by atoms with E-state index in [2.05, 4.69) is 11.4 Å². The number of aromatic hydroxyl groups is 1. The molecular weight excluding hydrogens is 426 g/mol. The van der Waals surface area contributed by atoms with Gasteiger partial charge in [0.15, 0.2) is 0 Å². The van der Waals surface area contributed by atoms with Crippen molar-refractivity contribution in [3.63, 3.8) is 0 Å². The van der Waals surface area contributed by atoms with E-state index >= 15 is 0 Å². The first-order chi connectivity index (χ1) is 16.2. The number of phenols is 1. The number of rotatable bonds is 7. The number of nitriles is 1. The zero-order chi connectivity index (χ0) is 24.8. The van der Waals surface area contributed by atoms with E-state index in [0.29, 0.717) is 23.7 Å². The second-order valence-corrected chi connectivity index (χ2v) is 8.74. The lowest BCUT2D eigenvalue weighted by Crippen LogP contribution is -2.35. The van der Waals surface area contributed by atoms with Crippen LogP contribution in [0.5, 0.6) is 17.2 Å². The highest BCUT2D eigenvalue weighted by molar-refractivity contribution is 6.02. The third-order valence-corrected chi connectivity index (χ3v) is 5.59. The third-order valence-electron chi connectivity index (χ3n) is 5.59. The van der Waals surface area contributed by atoms with Gasteiger partial charge in [-0.2, -0.15) is 5.26 Å². The van der Waals surface area contributed by atoms with Crippen LogP contribution in [0.2, 0.25) is 0 Å². The van der Waals surface area contributed by atoms with E-state index in [0.717, 1.165) is 27.9 Å². The van der Waals surface area contributed by atoms with Crippen LogP contribution >= 0.6 is 0 Å². The number of urea groups is 1. The van der Waals surface area contributed by atoms with Gasteiger partial charge in [0.2, 0.25) is 0 Å². The second kappa shape index (κ2) is 10.8. The summed E-state index contributed by atoms with van der Waals surface area (Å²) in [5, 5.41) is 22.1. The molecule has 0 saturated carbocycles. The third kappa shape index (κ3) is 5.87. The van der Waals surface area contributed by atoms with E-state index in [4.69, 9.17) is 10.00 Å². The quantitative estimate of drug-likeness (QED) is 0.393. The zero-order valence-electron chi connectivity index (χ0n) is 20.3. The van der Waals surface area contributed by atoms with Crippen molar-refractivity contribution in [2.45, 2.75) is 47.0 Å². The lowest BCUT2D eigenvalue weighted by atomic mass is 10.0. The monoisotopic (exact) mass is 457 g/mol. The van der Waals surface area contributed by atoms with E-state index in [1.165, 1.54) is 0 Å². The Morgan fingerprint density at radius 2 is 1.71 bits per heavy atom. The molecule has 3 rings (SSSR count). The lowest BCUT2D eigenvalue weighted by Gasteiger charge is -2.23. The highest BCUT2D eigenvalue weighted by atomic mass is 16.5. The molecule has 6 nitrogen and oxygen atoms in total. The molecule has 0 saturated heterocycles. The lowest BCUT2D eigenvalue weighted by molar-refractivity contribution is 0.257. The molecule has 3 aromatic rings. The maximum Gasteiger partial charge on any atom is 0.326 e. The molecule has 0 bridgehead atoms. The first kappa shape index (κ1) is 24.7. The van der Waals surface area contributed by atoms with E-state index in [9.17, 15) is 9.90 Å². The van der Waals surface area contributed by atoms with E-state index in [1.54, 1.807) is 17.0 Å². The number of anilines is 2. The molecule has 0 atom stereocenters. The van der Waals surface area contributed by atoms with Crippen LogP contribution in [-0.4, -0.2) is 17.7 Å². The summed E-state index contributed by atoms with van der Waals surface area (Å²) >= 11 is 0. The van der Waals surface area contributed by atoms with Gasteiger partial charge in [0.1, 0.15) is 17.2 Å². The summed E-state index contributed by atoms with van der Waals surface area (Å²) in [6, 6.07) is 18.4. The molecular formula is C28H31N3O3. The van der Waals surface area contributed by atoms with Gasteiger partial charge in [-0.05, 0) is 80.3 Å². The molecule has 2 N–H and O–H groups in total. The van der Waals surface area contributed by atoms with Crippen LogP contribution in [-0.2, 0) is 0 Å². The molecule has 0 radical (unpaired) electrons. The molecule has 0 aromatic heterocycles. The number of aryl methyl sites for hydroxylation is 3. The van der Waals surface area contributed by atoms with Gasteiger partial charge in [0, 0.05) is 23.5 Å². The highest BCUT2D eigenvalue weighted by Gasteiger charge is 2.17. The number of carbonyl (C=O) groups excluding carboxylic acids is 1. The summed E-state index contributed by atoms with van der Waals surface area (Å²) in [6.07, 6.45) is 0.233. The SMILES string of the molecule is Cc1ccc(N(CCC#N)C(=O)Nc2cc(C)c(Oc3ccc(O)c(C(C)C)c3)c(C)c2)cc1. The summed E-state index contributed by atoms with van der Waals surface area (Å²) in [5.74, 6) is 1.77. The smallest absolute Gasteiger partial charge is 0.326 e. The zero-order valence-corrected chi connectivity index (χ0v) is 20.3. The normalized spacial score (nSPS) is 10.6. The molecule has 6 heteroatoms. The van der Waals surface area contributed by atoms with E-state index in [-0.39, 0.29) is 24.1 Å². The number of benzene rings is 3. The van der Waals surface area contributed by atoms with Gasteiger partial charge >= 0.3 is 6.03 Å². The van der Waals surface area contributed by atoms with Crippen molar-refractivity contribution in [2.24, 2.45) is 0 Å². The molecule has 2 amide bonds. The molecule has 0 heterocycles. The molecule has 0 spiro atoms. The van der Waals surface area contributed by atoms with Crippen LogP contribution < -0.4 is 15.0 Å². The minimum atomic E-state index is -0.299. The Hall–Kier alpha value is -3.98. The average Bonchev–Trinajstić information content (AvgIpc) is 2.78. The molecule has 0 fully saturated rings. The Balaban J connectivity index is 1.82. The van der Waals surface area contributed by atoms with E-state index < -0.39 is 0 Å². The summed E-state index contributed by atoms with van der Waals surface area (Å²) in [5.41, 5.74) is 5.04. The van der Waals surface area contributed by atoms with Crippen LogP contribution in [0.4, 0.5) is 16.2 Å². The summed E-state index contributed by atoms with van der Waals surface area (Å²) in [4.78, 5) is 14.7. The van der Waals surface area contributed by atoms with Gasteiger partial charge in [-0.3, -0.25) is 4.90 Å². The van der Waals surface area contributed by atoms with Crippen molar-refractivity contribution < 1.29 is 14.6 Å². The summed E-state index contributed by atoms with van der Waals surface area (Å²) in [7, 11) is 0. The van der Waals surface area contributed by atoms with Gasteiger partial charge < -0.3 is 15.2 Å². The Morgan fingerprint density at radius 3 is 2.29 bits per heavy atom. The fourth-order valence-electron chi connectivity index (χ4n) is 3.79. The predicted molar refractivity (Wildman–Crippen MR) is 136 cm³/mol. The van der Waals surface area contributed by atoms with Crippen molar-refractivity contribution in [1.82, 2.24) is 0 Å². The minimum Gasteiger partial charge on any atom is -0.508 e. The first-order valence-electron chi connectivity index (χ1n) is 11.3. The van der Waals surface area contributed by atoms with Gasteiger partial charge in [-0.1, -0.05) is 31.5 Å².